The summed E-state index contributed by atoms with van der Waals surface area (Å²) in [6, 6.07) is 0.516. The fraction of sp³-hybridized carbons (Fsp3) is 0.444. The lowest BCUT2D eigenvalue weighted by atomic mass is 10.4. The smallest absolute Gasteiger partial charge is 0.163 e. The molecule has 6 heteroatoms. The van der Waals surface area contributed by atoms with Crippen molar-refractivity contribution in [2.75, 3.05) is 5.43 Å². The van der Waals surface area contributed by atoms with Crippen molar-refractivity contribution in [3.63, 3.8) is 0 Å². The van der Waals surface area contributed by atoms with E-state index in [2.05, 4.69) is 20.5 Å². The standard InChI is InChI=1S/C9H12N6/c1-5-12-8(14-10)7-4-11-15(6-2-3-6)9(7)13-5/h4,6H,2-3,10H2,1H3,(H,12,13,14). The Balaban J connectivity index is 2.28. The van der Waals surface area contributed by atoms with Gasteiger partial charge in [-0.05, 0) is 19.8 Å². The van der Waals surface area contributed by atoms with Crippen LogP contribution in [0, 0.1) is 6.92 Å². The molecule has 0 unspecified atom stereocenters. The highest BCUT2D eigenvalue weighted by Crippen LogP contribution is 2.36. The molecule has 2 heterocycles. The number of hydrazine groups is 1. The number of fused-ring (bicyclic) bond motifs is 1. The number of nitrogens with two attached hydrogens (primary N) is 1. The predicted octanol–water partition coefficient (Wildman–Crippen LogP) is 0.755. The monoisotopic (exact) mass is 204 g/mol. The third-order valence-electron chi connectivity index (χ3n) is 2.60. The maximum atomic E-state index is 5.41. The minimum atomic E-state index is 0.516. The zero-order valence-electron chi connectivity index (χ0n) is 8.44. The van der Waals surface area contributed by atoms with E-state index >= 15 is 0 Å². The molecule has 2 aromatic heterocycles. The number of nitrogens with zero attached hydrogens (tertiary/aromatic N) is 4. The fourth-order valence-corrected chi connectivity index (χ4v) is 1.73. The number of nitrogens with one attached hydrogen (secondary N) is 1. The normalized spacial score (nSPS) is 15.9. The van der Waals surface area contributed by atoms with Crippen molar-refractivity contribution in [2.45, 2.75) is 25.8 Å². The molecule has 1 fully saturated rings. The van der Waals surface area contributed by atoms with Crippen molar-refractivity contribution in [3.05, 3.63) is 12.0 Å². The van der Waals surface area contributed by atoms with Crippen molar-refractivity contribution in [2.24, 2.45) is 5.84 Å². The Bertz CT molecular complexity index is 513. The second kappa shape index (κ2) is 2.90. The molecule has 0 aromatic carbocycles. The van der Waals surface area contributed by atoms with Crippen LogP contribution in [0.2, 0.25) is 0 Å². The summed E-state index contributed by atoms with van der Waals surface area (Å²) in [5, 5.41) is 5.21. The van der Waals surface area contributed by atoms with E-state index in [1.54, 1.807) is 6.20 Å². The molecule has 1 aliphatic rings. The summed E-state index contributed by atoms with van der Waals surface area (Å²) in [5.41, 5.74) is 3.45. The van der Waals surface area contributed by atoms with E-state index in [0.717, 1.165) is 11.0 Å². The van der Waals surface area contributed by atoms with Crippen LogP contribution in [0.1, 0.15) is 24.7 Å². The topological polar surface area (TPSA) is 81.6 Å². The number of hydrogen-bond acceptors (Lipinski definition) is 5. The van der Waals surface area contributed by atoms with Crippen LogP contribution >= 0.6 is 0 Å². The van der Waals surface area contributed by atoms with Crippen molar-refractivity contribution in [1.82, 2.24) is 19.7 Å². The molecule has 0 bridgehead atoms. The van der Waals surface area contributed by atoms with E-state index in [4.69, 9.17) is 5.84 Å². The van der Waals surface area contributed by atoms with E-state index in [1.165, 1.54) is 12.8 Å². The second-order valence-corrected chi connectivity index (χ2v) is 3.82. The average Bonchev–Trinajstić information content (AvgIpc) is 2.98. The van der Waals surface area contributed by atoms with E-state index in [-0.39, 0.29) is 0 Å². The lowest BCUT2D eigenvalue weighted by Crippen LogP contribution is -2.10. The molecular formula is C9H12N6. The summed E-state index contributed by atoms with van der Waals surface area (Å²) < 4.78 is 1.96. The maximum Gasteiger partial charge on any atom is 0.163 e. The summed E-state index contributed by atoms with van der Waals surface area (Å²) in [4.78, 5) is 8.61. The molecule has 1 aliphatic carbocycles. The summed E-state index contributed by atoms with van der Waals surface area (Å²) in [6.45, 7) is 1.85. The van der Waals surface area contributed by atoms with Gasteiger partial charge in [-0.3, -0.25) is 0 Å². The van der Waals surface area contributed by atoms with Crippen molar-refractivity contribution < 1.29 is 0 Å². The number of aryl methyl sites for hydroxylation is 1. The highest BCUT2D eigenvalue weighted by atomic mass is 15.3. The highest BCUT2D eigenvalue weighted by Gasteiger charge is 2.27. The van der Waals surface area contributed by atoms with Gasteiger partial charge in [0.2, 0.25) is 0 Å². The van der Waals surface area contributed by atoms with Crippen LogP contribution in [0.3, 0.4) is 0 Å². The minimum absolute atomic E-state index is 0.516. The summed E-state index contributed by atoms with van der Waals surface area (Å²) in [7, 11) is 0. The van der Waals surface area contributed by atoms with Gasteiger partial charge in [-0.25, -0.2) is 20.5 Å². The zero-order chi connectivity index (χ0) is 10.4. The minimum Gasteiger partial charge on any atom is -0.308 e. The van der Waals surface area contributed by atoms with Gasteiger partial charge in [0.25, 0.3) is 0 Å². The van der Waals surface area contributed by atoms with Crippen LogP contribution in [-0.4, -0.2) is 19.7 Å². The number of hydrogen-bond donors (Lipinski definition) is 2. The maximum absolute atomic E-state index is 5.41. The molecular weight excluding hydrogens is 192 g/mol. The average molecular weight is 204 g/mol. The lowest BCUT2D eigenvalue weighted by Gasteiger charge is -2.03. The molecule has 0 aliphatic heterocycles. The van der Waals surface area contributed by atoms with Crippen LogP contribution in [0.4, 0.5) is 5.82 Å². The van der Waals surface area contributed by atoms with Gasteiger partial charge in [0.1, 0.15) is 5.82 Å². The number of nitrogen functional groups attached to an aromatic ring is 1. The molecule has 0 spiro atoms. The van der Waals surface area contributed by atoms with Gasteiger partial charge in [-0.1, -0.05) is 0 Å². The molecule has 0 radical (unpaired) electrons. The Morgan fingerprint density at radius 3 is 2.93 bits per heavy atom. The SMILES string of the molecule is Cc1nc(NN)c2cnn(C3CC3)c2n1. The third kappa shape index (κ3) is 1.25. The first-order valence-corrected chi connectivity index (χ1v) is 4.98. The van der Waals surface area contributed by atoms with E-state index in [1.807, 2.05) is 11.6 Å². The van der Waals surface area contributed by atoms with Gasteiger partial charge >= 0.3 is 0 Å². The van der Waals surface area contributed by atoms with E-state index in [0.29, 0.717) is 17.7 Å². The predicted molar refractivity (Wildman–Crippen MR) is 56.1 cm³/mol. The number of anilines is 1. The lowest BCUT2D eigenvalue weighted by molar-refractivity contribution is 0.657. The van der Waals surface area contributed by atoms with Crippen LogP contribution in [-0.2, 0) is 0 Å². The molecule has 3 N–H and O–H groups in total. The first-order chi connectivity index (χ1) is 7.29. The van der Waals surface area contributed by atoms with Crippen LogP contribution in [0.25, 0.3) is 11.0 Å². The van der Waals surface area contributed by atoms with E-state index in [9.17, 15) is 0 Å². The largest absolute Gasteiger partial charge is 0.308 e. The third-order valence-corrected chi connectivity index (χ3v) is 2.60. The van der Waals surface area contributed by atoms with Gasteiger partial charge in [-0.2, -0.15) is 5.10 Å². The van der Waals surface area contributed by atoms with Crippen molar-refractivity contribution in [1.29, 1.82) is 0 Å². The Labute approximate surface area is 86.5 Å². The molecule has 6 nitrogen and oxygen atoms in total. The molecule has 3 rings (SSSR count). The van der Waals surface area contributed by atoms with Gasteiger partial charge in [0, 0.05) is 0 Å². The molecule has 2 aromatic rings. The Kier molecular flexibility index (Phi) is 1.66. The Morgan fingerprint density at radius 1 is 1.47 bits per heavy atom. The summed E-state index contributed by atoms with van der Waals surface area (Å²) in [6.07, 6.45) is 4.14. The van der Waals surface area contributed by atoms with Crippen LogP contribution in [0.15, 0.2) is 6.20 Å². The zero-order valence-corrected chi connectivity index (χ0v) is 8.44. The van der Waals surface area contributed by atoms with E-state index < -0.39 is 0 Å². The van der Waals surface area contributed by atoms with Gasteiger partial charge in [-0.15, -0.1) is 0 Å². The second-order valence-electron chi connectivity index (χ2n) is 3.82. The molecule has 78 valence electrons. The Hall–Kier alpha value is -1.69. The quantitative estimate of drug-likeness (QED) is 0.557. The number of aromatic nitrogens is 4. The highest BCUT2D eigenvalue weighted by molar-refractivity contribution is 5.86. The first kappa shape index (κ1) is 8.60. The van der Waals surface area contributed by atoms with Gasteiger partial charge < -0.3 is 5.43 Å². The Morgan fingerprint density at radius 2 is 2.27 bits per heavy atom. The fourth-order valence-electron chi connectivity index (χ4n) is 1.73. The van der Waals surface area contributed by atoms with Crippen LogP contribution in [0.5, 0.6) is 0 Å². The van der Waals surface area contributed by atoms with Crippen molar-refractivity contribution >= 4 is 16.9 Å². The molecule has 15 heavy (non-hydrogen) atoms. The summed E-state index contributed by atoms with van der Waals surface area (Å²) >= 11 is 0. The molecule has 0 amide bonds. The molecule has 1 saturated carbocycles. The summed E-state index contributed by atoms with van der Waals surface area (Å²) in [5.74, 6) is 6.76. The number of rotatable bonds is 2. The van der Waals surface area contributed by atoms with Gasteiger partial charge in [0.05, 0.1) is 17.6 Å². The van der Waals surface area contributed by atoms with Gasteiger partial charge in [0.15, 0.2) is 11.5 Å². The first-order valence-electron chi connectivity index (χ1n) is 4.98. The molecule has 0 saturated heterocycles. The molecule has 0 atom stereocenters. The van der Waals surface area contributed by atoms with Crippen LogP contribution < -0.4 is 11.3 Å². The van der Waals surface area contributed by atoms with Crippen molar-refractivity contribution in [3.8, 4) is 0 Å².